The zero-order valence-electron chi connectivity index (χ0n) is 11.0. The van der Waals surface area contributed by atoms with Gasteiger partial charge in [0.05, 0.1) is 12.1 Å². The third-order valence-corrected chi connectivity index (χ3v) is 3.30. The molecule has 0 saturated carbocycles. The molecule has 0 fully saturated rings. The van der Waals surface area contributed by atoms with Gasteiger partial charge >= 0.3 is 0 Å². The molecular formula is C15H13ClF2O2. The second-order valence-electron chi connectivity index (χ2n) is 4.44. The number of aliphatic hydroxyl groups excluding tert-OH is 1. The lowest BCUT2D eigenvalue weighted by molar-refractivity contribution is 0.209. The minimum absolute atomic E-state index is 0.184. The van der Waals surface area contributed by atoms with Crippen LogP contribution in [0.4, 0.5) is 8.78 Å². The summed E-state index contributed by atoms with van der Waals surface area (Å²) in [5.74, 6) is -1.15. The second kappa shape index (κ2) is 5.77. The molecule has 2 aromatic carbocycles. The van der Waals surface area contributed by atoms with E-state index in [0.717, 1.165) is 17.7 Å². The van der Waals surface area contributed by atoms with Gasteiger partial charge in [0.15, 0.2) is 0 Å². The Kier molecular flexibility index (Phi) is 4.26. The van der Waals surface area contributed by atoms with Crippen molar-refractivity contribution in [2.24, 2.45) is 0 Å². The predicted octanol–water partition coefficient (Wildman–Crippen LogP) is 4.02. The largest absolute Gasteiger partial charge is 0.496 e. The van der Waals surface area contributed by atoms with Crippen molar-refractivity contribution in [3.8, 4) is 5.75 Å². The first-order valence-corrected chi connectivity index (χ1v) is 6.29. The first-order chi connectivity index (χ1) is 9.43. The summed E-state index contributed by atoms with van der Waals surface area (Å²) < 4.78 is 32.4. The lowest BCUT2D eigenvalue weighted by atomic mass is 9.98. The highest BCUT2D eigenvalue weighted by molar-refractivity contribution is 6.30. The maximum Gasteiger partial charge on any atom is 0.142 e. The third kappa shape index (κ3) is 2.76. The molecule has 0 saturated heterocycles. The quantitative estimate of drug-likeness (QED) is 0.867. The number of ether oxygens (including phenoxy) is 1. The fraction of sp³-hybridized carbons (Fsp3) is 0.200. The van der Waals surface area contributed by atoms with E-state index in [1.165, 1.54) is 7.11 Å². The number of benzene rings is 2. The fourth-order valence-electron chi connectivity index (χ4n) is 1.98. The standard InChI is InChI=1S/C15H13ClF2O2/c1-8-3-4-14(20-2)10(5-8)15(19)9-6-13(18)11(16)7-12(9)17/h3-7,15,19H,1-2H3. The normalized spacial score (nSPS) is 12.3. The lowest BCUT2D eigenvalue weighted by Crippen LogP contribution is -2.06. The van der Waals surface area contributed by atoms with Gasteiger partial charge in [-0.25, -0.2) is 8.78 Å². The summed E-state index contributed by atoms with van der Waals surface area (Å²) in [6.07, 6.45) is -1.34. The number of hydrogen-bond acceptors (Lipinski definition) is 2. The van der Waals surface area contributed by atoms with Crippen LogP contribution in [-0.4, -0.2) is 12.2 Å². The molecule has 1 unspecified atom stereocenters. The molecule has 0 heterocycles. The molecule has 0 aliphatic rings. The Hall–Kier alpha value is -1.65. The van der Waals surface area contributed by atoms with Gasteiger partial charge in [0, 0.05) is 11.1 Å². The molecule has 2 nitrogen and oxygen atoms in total. The van der Waals surface area contributed by atoms with Crippen LogP contribution in [0.5, 0.6) is 5.75 Å². The van der Waals surface area contributed by atoms with Crippen molar-refractivity contribution in [3.63, 3.8) is 0 Å². The smallest absolute Gasteiger partial charge is 0.142 e. The number of methoxy groups -OCH3 is 1. The van der Waals surface area contributed by atoms with Crippen molar-refractivity contribution in [2.45, 2.75) is 13.0 Å². The Bertz CT molecular complexity index is 644. The number of hydrogen-bond donors (Lipinski definition) is 1. The monoisotopic (exact) mass is 298 g/mol. The summed E-state index contributed by atoms with van der Waals surface area (Å²) in [6, 6.07) is 6.86. The van der Waals surface area contributed by atoms with Crippen molar-refractivity contribution in [2.75, 3.05) is 7.11 Å². The predicted molar refractivity (Wildman–Crippen MR) is 73.2 cm³/mol. The highest BCUT2D eigenvalue weighted by Gasteiger charge is 2.21. The van der Waals surface area contributed by atoms with Crippen LogP contribution in [0.15, 0.2) is 30.3 Å². The molecule has 106 valence electrons. The number of halogens is 3. The Morgan fingerprint density at radius 3 is 2.45 bits per heavy atom. The van der Waals surface area contributed by atoms with E-state index in [9.17, 15) is 13.9 Å². The summed E-state index contributed by atoms with van der Waals surface area (Å²) in [6.45, 7) is 1.83. The van der Waals surface area contributed by atoms with Gasteiger partial charge < -0.3 is 9.84 Å². The fourth-order valence-corrected chi connectivity index (χ4v) is 2.13. The summed E-state index contributed by atoms with van der Waals surface area (Å²) in [5.41, 5.74) is 1.05. The number of aryl methyl sites for hydroxylation is 1. The van der Waals surface area contributed by atoms with Crippen molar-refractivity contribution < 1.29 is 18.6 Å². The van der Waals surface area contributed by atoms with Crippen LogP contribution >= 0.6 is 11.6 Å². The van der Waals surface area contributed by atoms with Crippen LogP contribution in [0.25, 0.3) is 0 Å². The van der Waals surface area contributed by atoms with Crippen LogP contribution in [0, 0.1) is 18.6 Å². The van der Waals surface area contributed by atoms with Gasteiger partial charge in [-0.2, -0.15) is 0 Å². The van der Waals surface area contributed by atoms with Crippen LogP contribution in [0.1, 0.15) is 22.8 Å². The van der Waals surface area contributed by atoms with Crippen molar-refractivity contribution in [1.29, 1.82) is 0 Å². The highest BCUT2D eigenvalue weighted by Crippen LogP contribution is 2.33. The Morgan fingerprint density at radius 2 is 1.80 bits per heavy atom. The van der Waals surface area contributed by atoms with Gasteiger partial charge in [-0.3, -0.25) is 0 Å². The van der Waals surface area contributed by atoms with E-state index in [1.54, 1.807) is 18.2 Å². The van der Waals surface area contributed by atoms with Crippen LogP contribution in [0.2, 0.25) is 5.02 Å². The van der Waals surface area contributed by atoms with E-state index in [-0.39, 0.29) is 10.6 Å². The van der Waals surface area contributed by atoms with E-state index in [0.29, 0.717) is 11.3 Å². The molecule has 0 aliphatic heterocycles. The summed E-state index contributed by atoms with van der Waals surface area (Å²) >= 11 is 5.50. The van der Waals surface area contributed by atoms with Gasteiger partial charge in [0.2, 0.25) is 0 Å². The zero-order valence-corrected chi connectivity index (χ0v) is 11.7. The Morgan fingerprint density at radius 1 is 1.10 bits per heavy atom. The van der Waals surface area contributed by atoms with E-state index < -0.39 is 17.7 Å². The molecule has 0 spiro atoms. The molecule has 1 atom stereocenters. The Balaban J connectivity index is 2.54. The van der Waals surface area contributed by atoms with Gasteiger partial charge in [-0.15, -0.1) is 0 Å². The molecule has 2 aromatic rings. The molecule has 5 heteroatoms. The average Bonchev–Trinajstić information content (AvgIpc) is 2.42. The van der Waals surface area contributed by atoms with Crippen molar-refractivity contribution in [3.05, 3.63) is 63.7 Å². The highest BCUT2D eigenvalue weighted by atomic mass is 35.5. The maximum absolute atomic E-state index is 13.9. The van der Waals surface area contributed by atoms with Crippen LogP contribution in [0.3, 0.4) is 0 Å². The van der Waals surface area contributed by atoms with Gasteiger partial charge in [-0.05, 0) is 31.2 Å². The van der Waals surface area contributed by atoms with E-state index in [2.05, 4.69) is 0 Å². The Labute approximate surface area is 120 Å². The number of aliphatic hydroxyl groups is 1. The number of rotatable bonds is 3. The van der Waals surface area contributed by atoms with Crippen molar-refractivity contribution in [1.82, 2.24) is 0 Å². The summed E-state index contributed by atoms with van der Waals surface area (Å²) in [7, 11) is 1.44. The van der Waals surface area contributed by atoms with E-state index >= 15 is 0 Å². The van der Waals surface area contributed by atoms with Crippen LogP contribution in [-0.2, 0) is 0 Å². The molecule has 2 rings (SSSR count). The molecule has 20 heavy (non-hydrogen) atoms. The lowest BCUT2D eigenvalue weighted by Gasteiger charge is -2.17. The second-order valence-corrected chi connectivity index (χ2v) is 4.84. The van der Waals surface area contributed by atoms with Crippen molar-refractivity contribution >= 4 is 11.6 Å². The topological polar surface area (TPSA) is 29.5 Å². The third-order valence-electron chi connectivity index (χ3n) is 3.01. The molecule has 0 aromatic heterocycles. The molecule has 0 amide bonds. The molecule has 0 bridgehead atoms. The first kappa shape index (κ1) is 14.8. The summed E-state index contributed by atoms with van der Waals surface area (Å²) in [4.78, 5) is 0. The maximum atomic E-state index is 13.9. The van der Waals surface area contributed by atoms with Gasteiger partial charge in [0.1, 0.15) is 23.5 Å². The zero-order chi connectivity index (χ0) is 14.9. The summed E-state index contributed by atoms with van der Waals surface area (Å²) in [5, 5.41) is 9.97. The molecule has 0 radical (unpaired) electrons. The van der Waals surface area contributed by atoms with Gasteiger partial charge in [-0.1, -0.05) is 23.2 Å². The average molecular weight is 299 g/mol. The molecule has 1 N–H and O–H groups in total. The SMILES string of the molecule is COc1ccc(C)cc1C(O)c1cc(F)c(Cl)cc1F. The minimum atomic E-state index is -1.34. The van der Waals surface area contributed by atoms with E-state index in [1.807, 2.05) is 6.92 Å². The first-order valence-electron chi connectivity index (χ1n) is 5.91. The van der Waals surface area contributed by atoms with Crippen LogP contribution < -0.4 is 4.74 Å². The molecular weight excluding hydrogens is 286 g/mol. The molecule has 0 aliphatic carbocycles. The van der Waals surface area contributed by atoms with Gasteiger partial charge in [0.25, 0.3) is 0 Å². The van der Waals surface area contributed by atoms with E-state index in [4.69, 9.17) is 16.3 Å². The minimum Gasteiger partial charge on any atom is -0.496 e.